The van der Waals surface area contributed by atoms with E-state index in [1.165, 1.54) is 0 Å². The summed E-state index contributed by atoms with van der Waals surface area (Å²) in [6.45, 7) is -0.211. The van der Waals surface area contributed by atoms with Crippen molar-refractivity contribution < 1.29 is 13.2 Å². The van der Waals surface area contributed by atoms with Gasteiger partial charge in [0.2, 0.25) is 0 Å². The summed E-state index contributed by atoms with van der Waals surface area (Å²) in [5.41, 5.74) is 0. The van der Waals surface area contributed by atoms with Crippen molar-refractivity contribution in [2.75, 3.05) is 13.2 Å². The maximum atomic E-state index is 8.25. The maximum absolute atomic E-state index is 8.25. The number of hydrogen-bond donors (Lipinski definition) is 2. The topological polar surface area (TPSA) is 49.7 Å². The van der Waals surface area contributed by atoms with Gasteiger partial charge < -0.3 is 0 Å². The van der Waals surface area contributed by atoms with Crippen LogP contribution in [0.25, 0.3) is 0 Å². The monoisotopic (exact) mass is 212 g/mol. The van der Waals surface area contributed by atoms with E-state index in [1.807, 2.05) is 0 Å². The summed E-state index contributed by atoms with van der Waals surface area (Å²) in [6.07, 6.45) is -0.381. The molecule has 2 radical (unpaired) electrons. The summed E-state index contributed by atoms with van der Waals surface area (Å²) >= 11 is 1.13. The second-order valence-electron chi connectivity index (χ2n) is 1.09. The number of rotatable bonds is 3. The van der Waals surface area contributed by atoms with E-state index in [0.29, 0.717) is 0 Å². The van der Waals surface area contributed by atoms with Crippen LogP contribution >= 0.6 is 0 Å². The molecular weight excluding hydrogens is 206 g/mol. The molecule has 0 aliphatic rings. The normalized spacial score (nSPS) is 10.3. The van der Waals surface area contributed by atoms with Crippen molar-refractivity contribution in [2.24, 2.45) is 0 Å². The molecule has 2 N–H and O–H groups in total. The molecule has 0 heterocycles. The molecule has 0 aliphatic carbocycles. The van der Waals surface area contributed by atoms with E-state index < -0.39 is 0 Å². The van der Waals surface area contributed by atoms with Gasteiger partial charge in [-0.05, 0) is 0 Å². The Bertz CT molecular complexity index is 31.7. The molecule has 0 spiro atoms. The van der Waals surface area contributed by atoms with Crippen LogP contribution in [0.3, 0.4) is 0 Å². The van der Waals surface area contributed by atoms with Crippen molar-refractivity contribution in [2.45, 2.75) is 6.10 Å². The zero-order valence-electron chi connectivity index (χ0n) is 3.74. The van der Waals surface area contributed by atoms with Gasteiger partial charge in [-0.2, -0.15) is 0 Å². The first kappa shape index (κ1) is 7.70. The molecule has 0 bridgehead atoms. The summed E-state index contributed by atoms with van der Waals surface area (Å²) in [5.74, 6) is 0. The first-order valence-corrected chi connectivity index (χ1v) is 2.91. The molecule has 0 fully saturated rings. The molecule has 42 valence electrons. The Morgan fingerprint density at radius 1 is 1.43 bits per heavy atom. The van der Waals surface area contributed by atoms with Gasteiger partial charge in [0.15, 0.2) is 0 Å². The van der Waals surface area contributed by atoms with E-state index in [1.54, 1.807) is 0 Å². The molecule has 0 aliphatic heterocycles. The van der Waals surface area contributed by atoms with Crippen LogP contribution in [-0.4, -0.2) is 53.0 Å². The Morgan fingerprint density at radius 3 is 1.86 bits per heavy atom. The first-order chi connectivity index (χ1) is 3.35. The van der Waals surface area contributed by atoms with Gasteiger partial charge in [0.1, 0.15) is 0 Å². The molecule has 0 atom stereocenters. The molecule has 0 saturated carbocycles. The van der Waals surface area contributed by atoms with Crippen LogP contribution in [0.15, 0.2) is 0 Å². The third-order valence-electron chi connectivity index (χ3n) is 0.556. The molecule has 0 aromatic carbocycles. The van der Waals surface area contributed by atoms with Crippen molar-refractivity contribution in [3.8, 4) is 0 Å². The van der Waals surface area contributed by atoms with E-state index >= 15 is 0 Å². The van der Waals surface area contributed by atoms with Crippen LogP contribution in [0.4, 0.5) is 0 Å². The Balaban J connectivity index is 2.99. The quantitative estimate of drug-likeness (QED) is 0.557. The molecule has 0 saturated heterocycles. The summed E-state index contributed by atoms with van der Waals surface area (Å²) in [7, 11) is 0. The van der Waals surface area contributed by atoms with Crippen LogP contribution in [0, 0.1) is 0 Å². The molecular formula is C3H7O3Sb. The van der Waals surface area contributed by atoms with Crippen LogP contribution in [0.1, 0.15) is 0 Å². The molecule has 0 aromatic rings. The summed E-state index contributed by atoms with van der Waals surface area (Å²) in [6, 6.07) is 0. The van der Waals surface area contributed by atoms with Gasteiger partial charge in [-0.25, -0.2) is 0 Å². The van der Waals surface area contributed by atoms with Crippen LogP contribution < -0.4 is 0 Å². The van der Waals surface area contributed by atoms with Gasteiger partial charge in [0.05, 0.1) is 0 Å². The fraction of sp³-hybridized carbons (Fsp3) is 1.00. The third-order valence-corrected chi connectivity index (χ3v) is 1.41. The summed E-state index contributed by atoms with van der Waals surface area (Å²) in [5, 5.41) is 16.5. The summed E-state index contributed by atoms with van der Waals surface area (Å²) < 4.78 is 4.60. The van der Waals surface area contributed by atoms with E-state index in [4.69, 9.17) is 10.2 Å². The van der Waals surface area contributed by atoms with Crippen molar-refractivity contribution in [1.29, 1.82) is 0 Å². The average molecular weight is 213 g/mol. The zero-order chi connectivity index (χ0) is 5.70. The van der Waals surface area contributed by atoms with E-state index in [-0.39, 0.29) is 19.3 Å². The van der Waals surface area contributed by atoms with Crippen LogP contribution in [0.5, 0.6) is 0 Å². The van der Waals surface area contributed by atoms with E-state index in [0.717, 1.165) is 23.4 Å². The van der Waals surface area contributed by atoms with Gasteiger partial charge in [0.25, 0.3) is 0 Å². The van der Waals surface area contributed by atoms with Crippen molar-refractivity contribution in [1.82, 2.24) is 0 Å². The number of hydrogen-bond acceptors (Lipinski definition) is 3. The minimum atomic E-state index is -0.381. The van der Waals surface area contributed by atoms with Gasteiger partial charge in [-0.1, -0.05) is 0 Å². The first-order valence-electron chi connectivity index (χ1n) is 1.87. The van der Waals surface area contributed by atoms with Gasteiger partial charge in [-0.3, -0.25) is 0 Å². The third kappa shape index (κ3) is 3.30. The Hall–Kier alpha value is 0.698. The van der Waals surface area contributed by atoms with Crippen molar-refractivity contribution in [3.05, 3.63) is 0 Å². The Morgan fingerprint density at radius 2 is 1.86 bits per heavy atom. The molecule has 7 heavy (non-hydrogen) atoms. The molecule has 4 heteroatoms. The molecule has 0 aromatic heterocycles. The van der Waals surface area contributed by atoms with E-state index in [2.05, 4.69) is 3.02 Å². The molecule has 0 rings (SSSR count). The predicted octanol–water partition coefficient (Wildman–Crippen LogP) is -1.56. The minimum absolute atomic E-state index is 0.106. The fourth-order valence-corrected chi connectivity index (χ4v) is 0.505. The fourth-order valence-electron chi connectivity index (χ4n) is 0.124. The van der Waals surface area contributed by atoms with Gasteiger partial charge in [0, 0.05) is 0 Å². The molecule has 0 amide bonds. The van der Waals surface area contributed by atoms with Crippen LogP contribution in [0.2, 0.25) is 0 Å². The van der Waals surface area contributed by atoms with Gasteiger partial charge in [-0.15, -0.1) is 0 Å². The standard InChI is InChI=1S/C3H7O3.Sb/c4-1-3(6)2-5;/h3-5H,1-2H2;/q-1;+1. The number of aliphatic hydroxyl groups excluding tert-OH is 2. The Labute approximate surface area is 56.3 Å². The Kier molecular flexibility index (Phi) is 5.33. The van der Waals surface area contributed by atoms with Crippen LogP contribution in [-0.2, 0) is 3.02 Å². The average Bonchev–Trinajstić information content (AvgIpc) is 1.72. The van der Waals surface area contributed by atoms with Crippen molar-refractivity contribution >= 4 is 23.4 Å². The SMILES string of the molecule is OCC(CO)[O][Sb]. The van der Waals surface area contributed by atoms with Crippen molar-refractivity contribution in [3.63, 3.8) is 0 Å². The molecule has 3 nitrogen and oxygen atoms in total. The number of aliphatic hydroxyl groups is 2. The van der Waals surface area contributed by atoms with E-state index in [9.17, 15) is 0 Å². The zero-order valence-corrected chi connectivity index (χ0v) is 6.29. The predicted molar refractivity (Wildman–Crippen MR) is 24.8 cm³/mol. The second-order valence-corrected chi connectivity index (χ2v) is 1.69. The second kappa shape index (κ2) is 4.85. The summed E-state index contributed by atoms with van der Waals surface area (Å²) in [4.78, 5) is 0. The van der Waals surface area contributed by atoms with Gasteiger partial charge >= 0.3 is 56.0 Å². The molecule has 0 unspecified atom stereocenters.